The first-order chi connectivity index (χ1) is 10.2. The van der Waals surface area contributed by atoms with Gasteiger partial charge in [0.1, 0.15) is 5.58 Å². The fourth-order valence-corrected chi connectivity index (χ4v) is 4.14. The number of furan rings is 1. The number of aromatic carboxylic acids is 1. The Bertz CT molecular complexity index is 684. The standard InChI is InChI=1S/C15H16O5S/c16-15(17)14-12(11-3-1-2-4-13(11)20-14)9-21(18)10-5-7-19-8-6-10/h1-4,10H,5-9H2,(H,16,17). The lowest BCUT2D eigenvalue weighted by atomic mass is 10.1. The second-order valence-corrected chi connectivity index (χ2v) is 6.76. The van der Waals surface area contributed by atoms with Gasteiger partial charge in [-0.05, 0) is 18.9 Å². The van der Waals surface area contributed by atoms with E-state index in [9.17, 15) is 14.1 Å². The van der Waals surface area contributed by atoms with Gasteiger partial charge in [-0.1, -0.05) is 18.2 Å². The number of fused-ring (bicyclic) bond motifs is 1. The summed E-state index contributed by atoms with van der Waals surface area (Å²) in [5, 5.41) is 10.1. The van der Waals surface area contributed by atoms with Crippen LogP contribution in [0.25, 0.3) is 11.0 Å². The van der Waals surface area contributed by atoms with Gasteiger partial charge in [-0.15, -0.1) is 0 Å². The highest BCUT2D eigenvalue weighted by molar-refractivity contribution is 7.84. The van der Waals surface area contributed by atoms with Gasteiger partial charge in [0, 0.05) is 40.2 Å². The van der Waals surface area contributed by atoms with Crippen molar-refractivity contribution in [2.45, 2.75) is 23.8 Å². The van der Waals surface area contributed by atoms with Gasteiger partial charge in [-0.3, -0.25) is 4.21 Å². The number of hydrogen-bond donors (Lipinski definition) is 1. The summed E-state index contributed by atoms with van der Waals surface area (Å²) in [6, 6.07) is 7.14. The number of ether oxygens (including phenoxy) is 1. The van der Waals surface area contributed by atoms with E-state index in [1.807, 2.05) is 12.1 Å². The van der Waals surface area contributed by atoms with Crippen molar-refractivity contribution >= 4 is 27.7 Å². The molecule has 0 saturated carbocycles. The maximum Gasteiger partial charge on any atom is 0.372 e. The van der Waals surface area contributed by atoms with Gasteiger partial charge >= 0.3 is 5.97 Å². The fourth-order valence-electron chi connectivity index (χ4n) is 2.61. The Morgan fingerprint density at radius 3 is 2.71 bits per heavy atom. The van der Waals surface area contributed by atoms with E-state index in [1.165, 1.54) is 0 Å². The Hall–Kier alpha value is -1.66. The summed E-state index contributed by atoms with van der Waals surface area (Å²) in [5.41, 5.74) is 1.05. The molecule has 1 atom stereocenters. The second-order valence-electron chi connectivity index (χ2n) is 5.05. The van der Waals surface area contributed by atoms with Crippen molar-refractivity contribution in [1.29, 1.82) is 0 Å². The van der Waals surface area contributed by atoms with Crippen LogP contribution in [0.3, 0.4) is 0 Å². The Balaban J connectivity index is 1.93. The van der Waals surface area contributed by atoms with Crippen LogP contribution in [-0.2, 0) is 21.3 Å². The average Bonchev–Trinajstić information content (AvgIpc) is 2.87. The molecule has 6 heteroatoms. The summed E-state index contributed by atoms with van der Waals surface area (Å²) in [6.45, 7) is 1.24. The van der Waals surface area contributed by atoms with Gasteiger partial charge < -0.3 is 14.3 Å². The van der Waals surface area contributed by atoms with Gasteiger partial charge in [0.2, 0.25) is 5.76 Å². The SMILES string of the molecule is O=C(O)c1oc2ccccc2c1CS(=O)C1CCOCC1. The lowest BCUT2D eigenvalue weighted by Crippen LogP contribution is -2.25. The molecule has 1 aromatic heterocycles. The van der Waals surface area contributed by atoms with Crippen molar-refractivity contribution in [1.82, 2.24) is 0 Å². The highest BCUT2D eigenvalue weighted by Crippen LogP contribution is 2.28. The third kappa shape index (κ3) is 2.87. The number of carbonyl (C=O) groups is 1. The van der Waals surface area contributed by atoms with Crippen LogP contribution in [-0.4, -0.2) is 33.7 Å². The van der Waals surface area contributed by atoms with E-state index in [-0.39, 0.29) is 16.8 Å². The molecular formula is C15H16O5S. The zero-order chi connectivity index (χ0) is 14.8. The molecule has 1 aromatic carbocycles. The van der Waals surface area contributed by atoms with Gasteiger partial charge in [0.15, 0.2) is 0 Å². The average molecular weight is 308 g/mol. The summed E-state index contributed by atoms with van der Waals surface area (Å²) in [4.78, 5) is 11.3. The van der Waals surface area contributed by atoms with Gasteiger partial charge in [-0.25, -0.2) is 4.79 Å². The van der Waals surface area contributed by atoms with Gasteiger partial charge in [0.25, 0.3) is 0 Å². The first-order valence-corrected chi connectivity index (χ1v) is 8.23. The lowest BCUT2D eigenvalue weighted by molar-refractivity contribution is 0.0663. The fraction of sp³-hybridized carbons (Fsp3) is 0.400. The number of hydrogen-bond acceptors (Lipinski definition) is 4. The number of benzene rings is 1. The summed E-state index contributed by atoms with van der Waals surface area (Å²) in [7, 11) is -1.12. The molecule has 1 unspecified atom stereocenters. The zero-order valence-electron chi connectivity index (χ0n) is 11.4. The second kappa shape index (κ2) is 5.99. The molecular weight excluding hydrogens is 292 g/mol. The van der Waals surface area contributed by atoms with Crippen LogP contribution in [0.2, 0.25) is 0 Å². The minimum Gasteiger partial charge on any atom is -0.475 e. The predicted molar refractivity (Wildman–Crippen MR) is 78.9 cm³/mol. The monoisotopic (exact) mass is 308 g/mol. The van der Waals surface area contributed by atoms with Crippen molar-refractivity contribution in [3.8, 4) is 0 Å². The molecule has 1 saturated heterocycles. The quantitative estimate of drug-likeness (QED) is 0.939. The maximum atomic E-state index is 12.5. The molecule has 0 aliphatic carbocycles. The smallest absolute Gasteiger partial charge is 0.372 e. The molecule has 21 heavy (non-hydrogen) atoms. The van der Waals surface area contributed by atoms with E-state index in [4.69, 9.17) is 9.15 Å². The molecule has 3 rings (SSSR count). The van der Waals surface area contributed by atoms with Crippen LogP contribution in [0.15, 0.2) is 28.7 Å². The van der Waals surface area contributed by atoms with Crippen molar-refractivity contribution in [3.05, 3.63) is 35.6 Å². The zero-order valence-corrected chi connectivity index (χ0v) is 12.2. The molecule has 0 radical (unpaired) electrons. The number of carboxylic acid groups (broad SMARTS) is 1. The maximum absolute atomic E-state index is 12.5. The molecule has 0 bridgehead atoms. The Morgan fingerprint density at radius 2 is 2.00 bits per heavy atom. The van der Waals surface area contributed by atoms with Crippen molar-refractivity contribution in [3.63, 3.8) is 0 Å². The lowest BCUT2D eigenvalue weighted by Gasteiger charge is -2.21. The van der Waals surface area contributed by atoms with Gasteiger partial charge in [-0.2, -0.15) is 0 Å². The minimum atomic E-state index is -1.12. The van der Waals surface area contributed by atoms with Crippen LogP contribution in [0.4, 0.5) is 0 Å². The topological polar surface area (TPSA) is 76.7 Å². The van der Waals surface area contributed by atoms with E-state index in [2.05, 4.69) is 0 Å². The van der Waals surface area contributed by atoms with Crippen LogP contribution < -0.4 is 0 Å². The van der Waals surface area contributed by atoms with E-state index in [0.29, 0.717) is 24.4 Å². The minimum absolute atomic E-state index is 0.0639. The van der Waals surface area contributed by atoms with Crippen molar-refractivity contribution < 1.29 is 23.3 Å². The summed E-state index contributed by atoms with van der Waals surface area (Å²) in [6.07, 6.45) is 1.51. The molecule has 1 fully saturated rings. The molecule has 1 aliphatic rings. The normalized spacial score (nSPS) is 17.9. The van der Waals surface area contributed by atoms with Crippen LogP contribution >= 0.6 is 0 Å². The highest BCUT2D eigenvalue weighted by Gasteiger charge is 2.25. The summed E-state index contributed by atoms with van der Waals surface area (Å²) >= 11 is 0. The first-order valence-electron chi connectivity index (χ1n) is 6.85. The van der Waals surface area contributed by atoms with Crippen LogP contribution in [0, 0.1) is 0 Å². The Labute approximate surface area is 124 Å². The summed E-state index contributed by atoms with van der Waals surface area (Å²) in [5.74, 6) is -1.01. The number of rotatable bonds is 4. The molecule has 2 heterocycles. The Morgan fingerprint density at radius 1 is 1.29 bits per heavy atom. The van der Waals surface area contributed by atoms with E-state index in [0.717, 1.165) is 18.2 Å². The predicted octanol–water partition coefficient (Wildman–Crippen LogP) is 2.56. The van der Waals surface area contributed by atoms with Crippen molar-refractivity contribution in [2.75, 3.05) is 13.2 Å². The van der Waals surface area contributed by atoms with Crippen LogP contribution in [0.1, 0.15) is 29.0 Å². The third-order valence-corrected chi connectivity index (χ3v) is 5.51. The number of para-hydroxylation sites is 1. The highest BCUT2D eigenvalue weighted by atomic mass is 32.2. The molecule has 2 aromatic rings. The third-order valence-electron chi connectivity index (χ3n) is 3.72. The van der Waals surface area contributed by atoms with E-state index < -0.39 is 16.8 Å². The van der Waals surface area contributed by atoms with E-state index >= 15 is 0 Å². The van der Waals surface area contributed by atoms with Gasteiger partial charge in [0.05, 0.1) is 5.75 Å². The largest absolute Gasteiger partial charge is 0.475 e. The summed E-state index contributed by atoms with van der Waals surface area (Å²) < 4.78 is 23.2. The van der Waals surface area contributed by atoms with E-state index in [1.54, 1.807) is 12.1 Å². The molecule has 5 nitrogen and oxygen atoms in total. The molecule has 0 amide bonds. The number of carboxylic acids is 1. The molecule has 1 N–H and O–H groups in total. The first kappa shape index (κ1) is 14.3. The Kier molecular flexibility index (Phi) is 4.07. The molecule has 1 aliphatic heterocycles. The molecule has 0 spiro atoms. The van der Waals surface area contributed by atoms with Crippen molar-refractivity contribution in [2.24, 2.45) is 0 Å². The molecule has 112 valence electrons. The van der Waals surface area contributed by atoms with Crippen LogP contribution in [0.5, 0.6) is 0 Å².